The number of aliphatic hydroxyl groups is 3. The molecule has 0 aliphatic heterocycles. The molecular formula is C27H23NO7. The number of nitrogens with two attached hydrogens (primary N) is 1. The molecule has 0 radical (unpaired) electrons. The third kappa shape index (κ3) is 3.35. The second-order valence-corrected chi connectivity index (χ2v) is 9.35. The molecule has 1 amide bonds. The molecule has 3 aliphatic rings. The van der Waals surface area contributed by atoms with Crippen LogP contribution in [0.1, 0.15) is 35.1 Å². The molecule has 2 aromatic rings. The maximum absolute atomic E-state index is 13.5. The van der Waals surface area contributed by atoms with Crippen molar-refractivity contribution in [2.24, 2.45) is 23.5 Å². The lowest BCUT2D eigenvalue weighted by Gasteiger charge is -2.48. The third-order valence-corrected chi connectivity index (χ3v) is 7.37. The van der Waals surface area contributed by atoms with Crippen molar-refractivity contribution in [1.82, 2.24) is 0 Å². The monoisotopic (exact) mass is 473 g/mol. The molecule has 2 fully saturated rings. The smallest absolute Gasteiger partial charge is 0.230 e. The van der Waals surface area contributed by atoms with E-state index in [4.69, 9.17) is 5.73 Å². The minimum Gasteiger partial charge on any atom is -0.507 e. The lowest BCUT2D eigenvalue weighted by molar-refractivity contribution is -0.174. The molecule has 5 rings (SSSR count). The number of hydrogen-bond donors (Lipinski definition) is 5. The number of fused-ring (bicyclic) bond motifs is 3. The normalized spacial score (nSPS) is 29.4. The zero-order chi connectivity index (χ0) is 25.1. The first kappa shape index (κ1) is 22.8. The Morgan fingerprint density at radius 2 is 1.74 bits per heavy atom. The Morgan fingerprint density at radius 3 is 2.43 bits per heavy atom. The van der Waals surface area contributed by atoms with Gasteiger partial charge in [-0.1, -0.05) is 36.1 Å². The SMILES string of the molecule is NC(=O)C1C(=O)[C@@]2(O)C(=O)C3=C(O)c4c(ccc(C#Cc5ccccc5)c4O)C[C@H]3C[C@H]2CC1O. The number of phenolic OH excluding ortho intramolecular Hbond substituents is 1. The first-order valence-corrected chi connectivity index (χ1v) is 11.3. The first-order valence-electron chi connectivity index (χ1n) is 11.3. The fraction of sp³-hybridized carbons (Fsp3) is 0.296. The molecule has 0 saturated heterocycles. The van der Waals surface area contributed by atoms with Gasteiger partial charge < -0.3 is 26.2 Å². The van der Waals surface area contributed by atoms with Crippen molar-refractivity contribution in [3.63, 3.8) is 0 Å². The number of amides is 1. The Kier molecular flexibility index (Phi) is 5.28. The second-order valence-electron chi connectivity index (χ2n) is 9.35. The molecule has 5 atom stereocenters. The topological polar surface area (TPSA) is 158 Å². The predicted molar refractivity (Wildman–Crippen MR) is 124 cm³/mol. The summed E-state index contributed by atoms with van der Waals surface area (Å²) in [6.07, 6.45) is -1.15. The summed E-state index contributed by atoms with van der Waals surface area (Å²) in [5, 5.41) is 43.6. The molecule has 178 valence electrons. The summed E-state index contributed by atoms with van der Waals surface area (Å²) in [5.41, 5.74) is 4.08. The molecule has 6 N–H and O–H groups in total. The lowest BCUT2D eigenvalue weighted by atomic mass is 9.56. The average Bonchev–Trinajstić information content (AvgIpc) is 2.81. The van der Waals surface area contributed by atoms with Crippen molar-refractivity contribution in [2.75, 3.05) is 0 Å². The number of aromatic hydroxyl groups is 1. The standard InChI is InChI=1S/C27H23NO7/c28-26(34)21-18(29)12-17-11-16-10-15-9-8-14(7-6-13-4-2-1-3-5-13)22(30)19(15)23(31)20(16)24(32)27(17,35)25(21)33/h1-5,8-9,16-18,21,29-31,35H,10-12H2,(H2,28,34)/t16-,17-,18?,21?,27-/m0/s1. The van der Waals surface area contributed by atoms with Crippen LogP contribution in [0, 0.1) is 29.6 Å². The van der Waals surface area contributed by atoms with Gasteiger partial charge in [0.05, 0.1) is 17.2 Å². The van der Waals surface area contributed by atoms with E-state index in [0.29, 0.717) is 5.56 Å². The highest BCUT2D eigenvalue weighted by Gasteiger charge is 2.63. The average molecular weight is 473 g/mol. The highest BCUT2D eigenvalue weighted by atomic mass is 16.3. The van der Waals surface area contributed by atoms with Gasteiger partial charge >= 0.3 is 0 Å². The summed E-state index contributed by atoms with van der Waals surface area (Å²) in [7, 11) is 0. The van der Waals surface area contributed by atoms with Crippen LogP contribution >= 0.6 is 0 Å². The van der Waals surface area contributed by atoms with Gasteiger partial charge in [-0.25, -0.2) is 0 Å². The van der Waals surface area contributed by atoms with Crippen LogP contribution in [0.15, 0.2) is 48.0 Å². The van der Waals surface area contributed by atoms with Gasteiger partial charge in [-0.3, -0.25) is 14.4 Å². The van der Waals surface area contributed by atoms with E-state index in [1.54, 1.807) is 12.1 Å². The van der Waals surface area contributed by atoms with Crippen LogP contribution in [0.25, 0.3) is 5.76 Å². The van der Waals surface area contributed by atoms with Gasteiger partial charge in [0.1, 0.15) is 17.4 Å². The molecule has 0 spiro atoms. The van der Waals surface area contributed by atoms with Gasteiger partial charge in [-0.2, -0.15) is 0 Å². The number of carbonyl (C=O) groups excluding carboxylic acids is 3. The predicted octanol–water partition coefficient (Wildman–Crippen LogP) is 0.989. The van der Waals surface area contributed by atoms with Crippen molar-refractivity contribution >= 4 is 23.2 Å². The van der Waals surface area contributed by atoms with E-state index in [0.717, 1.165) is 5.56 Å². The summed E-state index contributed by atoms with van der Waals surface area (Å²) < 4.78 is 0. The van der Waals surface area contributed by atoms with Crippen LogP contribution in [0.5, 0.6) is 5.75 Å². The first-order chi connectivity index (χ1) is 16.6. The van der Waals surface area contributed by atoms with Crippen LogP contribution in [0.3, 0.4) is 0 Å². The van der Waals surface area contributed by atoms with Gasteiger partial charge in [0.25, 0.3) is 0 Å². The maximum Gasteiger partial charge on any atom is 0.230 e. The Morgan fingerprint density at radius 1 is 1.03 bits per heavy atom. The molecule has 8 heteroatoms. The fourth-order valence-corrected chi connectivity index (χ4v) is 5.66. The van der Waals surface area contributed by atoms with Gasteiger partial charge in [-0.05, 0) is 48.9 Å². The van der Waals surface area contributed by atoms with Crippen LogP contribution in [0.4, 0.5) is 0 Å². The number of primary amides is 1. The van der Waals surface area contributed by atoms with E-state index < -0.39 is 52.7 Å². The Bertz CT molecular complexity index is 1370. The Hall–Kier alpha value is -3.93. The molecule has 35 heavy (non-hydrogen) atoms. The van der Waals surface area contributed by atoms with E-state index in [2.05, 4.69) is 11.8 Å². The minimum atomic E-state index is -2.59. The van der Waals surface area contributed by atoms with Crippen LogP contribution < -0.4 is 5.73 Å². The van der Waals surface area contributed by atoms with E-state index in [1.807, 2.05) is 30.3 Å². The number of rotatable bonds is 1. The molecule has 2 saturated carbocycles. The van der Waals surface area contributed by atoms with Crippen molar-refractivity contribution in [3.05, 3.63) is 70.3 Å². The lowest BCUT2D eigenvalue weighted by Crippen LogP contribution is -2.66. The number of phenols is 1. The van der Waals surface area contributed by atoms with Crippen molar-refractivity contribution < 1.29 is 34.8 Å². The minimum absolute atomic E-state index is 0.0289. The summed E-state index contributed by atoms with van der Waals surface area (Å²) in [4.78, 5) is 38.3. The van der Waals surface area contributed by atoms with Gasteiger partial charge in [0.2, 0.25) is 11.7 Å². The van der Waals surface area contributed by atoms with Gasteiger partial charge in [0, 0.05) is 17.1 Å². The summed E-state index contributed by atoms with van der Waals surface area (Å²) in [6, 6.07) is 12.5. The van der Waals surface area contributed by atoms with Crippen molar-refractivity contribution in [2.45, 2.75) is 31.0 Å². The van der Waals surface area contributed by atoms with Crippen molar-refractivity contribution in [3.8, 4) is 17.6 Å². The quantitative estimate of drug-likeness (QED) is 0.305. The van der Waals surface area contributed by atoms with E-state index in [9.17, 15) is 34.8 Å². The summed E-state index contributed by atoms with van der Waals surface area (Å²) in [5.74, 6) is -1.53. The highest BCUT2D eigenvalue weighted by Crippen LogP contribution is 2.51. The molecule has 0 aromatic heterocycles. The number of hydrogen-bond acceptors (Lipinski definition) is 7. The number of ketones is 2. The molecule has 0 heterocycles. The number of benzene rings is 2. The molecule has 2 aromatic carbocycles. The molecule has 8 nitrogen and oxygen atoms in total. The maximum atomic E-state index is 13.5. The number of carbonyl (C=O) groups is 3. The zero-order valence-electron chi connectivity index (χ0n) is 18.6. The van der Waals surface area contributed by atoms with Crippen LogP contribution in [-0.2, 0) is 20.8 Å². The second kappa shape index (κ2) is 8.08. The number of Topliss-reactive ketones (excluding diaryl/α,β-unsaturated/α-hetero) is 2. The van der Waals surface area contributed by atoms with E-state index in [-0.39, 0.29) is 41.7 Å². The van der Waals surface area contributed by atoms with Gasteiger partial charge in [0.15, 0.2) is 11.4 Å². The third-order valence-electron chi connectivity index (χ3n) is 7.37. The van der Waals surface area contributed by atoms with E-state index in [1.165, 1.54) is 0 Å². The summed E-state index contributed by atoms with van der Waals surface area (Å²) in [6.45, 7) is 0. The van der Waals surface area contributed by atoms with Crippen LogP contribution in [-0.4, -0.2) is 49.6 Å². The molecule has 3 aliphatic carbocycles. The molecule has 2 unspecified atom stereocenters. The van der Waals surface area contributed by atoms with Crippen LogP contribution in [0.2, 0.25) is 0 Å². The van der Waals surface area contributed by atoms with E-state index >= 15 is 0 Å². The fourth-order valence-electron chi connectivity index (χ4n) is 5.66. The number of aliphatic hydroxyl groups excluding tert-OH is 2. The largest absolute Gasteiger partial charge is 0.507 e. The highest BCUT2D eigenvalue weighted by molar-refractivity contribution is 6.24. The Balaban J connectivity index is 1.59. The molecule has 0 bridgehead atoms. The van der Waals surface area contributed by atoms with Crippen molar-refractivity contribution in [1.29, 1.82) is 0 Å². The van der Waals surface area contributed by atoms with Gasteiger partial charge in [-0.15, -0.1) is 0 Å². The molecular weight excluding hydrogens is 450 g/mol. The zero-order valence-corrected chi connectivity index (χ0v) is 18.6. The Labute approximate surface area is 200 Å². The summed E-state index contributed by atoms with van der Waals surface area (Å²) >= 11 is 0.